The Kier molecular flexibility index (Phi) is 44.2. The van der Waals surface area contributed by atoms with Gasteiger partial charge >= 0.3 is 11.9 Å². The smallest absolute Gasteiger partial charge is 0.310 e. The monoisotopic (exact) mass is 920 g/mol. The molecule has 0 fully saturated rings. The summed E-state index contributed by atoms with van der Waals surface area (Å²) in [6, 6.07) is 0. The number of esters is 2. The minimum absolute atomic E-state index is 0.00737. The van der Waals surface area contributed by atoms with Gasteiger partial charge in [0.05, 0.1) is 34.2 Å². The van der Waals surface area contributed by atoms with Crippen molar-refractivity contribution in [1.29, 1.82) is 0 Å². The van der Waals surface area contributed by atoms with Crippen LogP contribution in [0.25, 0.3) is 0 Å². The molecule has 2 unspecified atom stereocenters. The number of hydrogen-bond donors (Lipinski definition) is 0. The Morgan fingerprint density at radius 1 is 0.500 bits per heavy atom. The molecule has 10 heteroatoms. The predicted molar refractivity (Wildman–Crippen MR) is 268 cm³/mol. The number of allylic oxidation sites excluding steroid dienone is 9. The molecule has 0 aromatic rings. The van der Waals surface area contributed by atoms with Gasteiger partial charge in [0.15, 0.2) is 6.10 Å². The molecular formula is C54H98NO8P. The normalized spacial score (nSPS) is 13.9. The molecule has 0 aliphatic rings. The number of unbranched alkanes of at least 4 members (excludes halogenated alkanes) is 24. The molecule has 0 aromatic carbocycles. The molecule has 64 heavy (non-hydrogen) atoms. The van der Waals surface area contributed by atoms with E-state index in [0.717, 1.165) is 44.9 Å². The van der Waals surface area contributed by atoms with Crippen LogP contribution < -0.4 is 4.89 Å². The lowest BCUT2D eigenvalue weighted by Crippen LogP contribution is -2.37. The summed E-state index contributed by atoms with van der Waals surface area (Å²) in [5.74, 6) is -0.976. The molecule has 0 aromatic heterocycles. The summed E-state index contributed by atoms with van der Waals surface area (Å²) in [6.07, 6.45) is 57.3. The van der Waals surface area contributed by atoms with Crippen molar-refractivity contribution in [2.75, 3.05) is 47.5 Å². The highest BCUT2D eigenvalue weighted by Gasteiger charge is 2.21. The number of carbonyl (C=O) groups is 2. The number of nitrogens with zero attached hydrogens (tertiary/aromatic N) is 1. The first-order valence-corrected chi connectivity index (χ1v) is 27.5. The van der Waals surface area contributed by atoms with Gasteiger partial charge < -0.3 is 27.9 Å². The van der Waals surface area contributed by atoms with Crippen molar-refractivity contribution in [2.24, 2.45) is 0 Å². The fourth-order valence-electron chi connectivity index (χ4n) is 7.09. The third-order valence-corrected chi connectivity index (χ3v) is 12.0. The number of phosphoric acid groups is 1. The van der Waals surface area contributed by atoms with Crippen molar-refractivity contribution in [3.05, 3.63) is 60.8 Å². The third kappa shape index (κ3) is 49.2. The van der Waals surface area contributed by atoms with E-state index in [0.29, 0.717) is 17.4 Å². The van der Waals surface area contributed by atoms with Crippen molar-refractivity contribution in [2.45, 2.75) is 225 Å². The largest absolute Gasteiger partial charge is 0.756 e. The second kappa shape index (κ2) is 45.8. The molecule has 0 saturated carbocycles. The molecule has 0 spiro atoms. The van der Waals surface area contributed by atoms with E-state index in [-0.39, 0.29) is 26.1 Å². The van der Waals surface area contributed by atoms with Crippen LogP contribution in [0.4, 0.5) is 0 Å². The van der Waals surface area contributed by atoms with Gasteiger partial charge in [0, 0.05) is 6.42 Å². The average molecular weight is 920 g/mol. The van der Waals surface area contributed by atoms with Gasteiger partial charge in [-0.15, -0.1) is 0 Å². The Hall–Kier alpha value is -2.29. The highest BCUT2D eigenvalue weighted by Crippen LogP contribution is 2.38. The Labute approximate surface area is 394 Å². The molecule has 9 nitrogen and oxygen atoms in total. The number of rotatable bonds is 47. The molecule has 0 rings (SSSR count). The summed E-state index contributed by atoms with van der Waals surface area (Å²) < 4.78 is 33.9. The van der Waals surface area contributed by atoms with E-state index in [2.05, 4.69) is 56.4 Å². The number of carbonyl (C=O) groups excluding carboxylic acids is 2. The first kappa shape index (κ1) is 61.7. The Bertz CT molecular complexity index is 1270. The molecular weight excluding hydrogens is 822 g/mol. The fraction of sp³-hybridized carbons (Fsp3) is 0.778. The number of quaternary nitrogens is 1. The Balaban J connectivity index is 4.22. The average Bonchev–Trinajstić information content (AvgIpc) is 3.25. The van der Waals surface area contributed by atoms with Crippen molar-refractivity contribution < 1.29 is 42.1 Å². The molecule has 0 radical (unpaired) electrons. The summed E-state index contributed by atoms with van der Waals surface area (Å²) in [7, 11) is 1.11. The number of ether oxygens (including phenoxy) is 2. The second-order valence-corrected chi connectivity index (χ2v) is 19.9. The zero-order valence-electron chi connectivity index (χ0n) is 42.0. The van der Waals surface area contributed by atoms with Crippen LogP contribution in [0.15, 0.2) is 60.8 Å². The molecule has 0 aliphatic carbocycles. The number of likely N-dealkylation sites (N-methyl/N-ethyl adjacent to an activating group) is 1. The zero-order valence-corrected chi connectivity index (χ0v) is 42.9. The van der Waals surface area contributed by atoms with Crippen LogP contribution in [0.2, 0.25) is 0 Å². The molecule has 0 N–H and O–H groups in total. The summed E-state index contributed by atoms with van der Waals surface area (Å²) in [5, 5.41) is 0. The first-order valence-electron chi connectivity index (χ1n) is 26.0. The van der Waals surface area contributed by atoms with E-state index in [1.54, 1.807) is 6.08 Å². The van der Waals surface area contributed by atoms with Crippen molar-refractivity contribution >= 4 is 19.8 Å². The highest BCUT2D eigenvalue weighted by molar-refractivity contribution is 7.45. The van der Waals surface area contributed by atoms with E-state index < -0.39 is 32.5 Å². The van der Waals surface area contributed by atoms with Crippen LogP contribution in [0.5, 0.6) is 0 Å². The highest BCUT2D eigenvalue weighted by atomic mass is 31.2. The molecule has 2 atom stereocenters. The Morgan fingerprint density at radius 2 is 0.875 bits per heavy atom. The SMILES string of the molecule is CC/C=C\C/C=C\C/C=C\C/C=C\C/C=C\CC(=O)OC(COC(=O)CCCCCCCCCCCCCCCCCCCCCCCCCCC)COP(=O)([O-])OCC[N+](C)(C)C. The van der Waals surface area contributed by atoms with Gasteiger partial charge in [0.25, 0.3) is 7.82 Å². The minimum atomic E-state index is -4.65. The Morgan fingerprint density at radius 3 is 1.27 bits per heavy atom. The van der Waals surface area contributed by atoms with E-state index >= 15 is 0 Å². The maximum Gasteiger partial charge on any atom is 0.310 e. The van der Waals surface area contributed by atoms with Crippen LogP contribution in [0, 0.1) is 0 Å². The maximum atomic E-state index is 12.6. The van der Waals surface area contributed by atoms with Crippen molar-refractivity contribution in [3.63, 3.8) is 0 Å². The van der Waals surface area contributed by atoms with E-state index in [1.807, 2.05) is 33.3 Å². The quantitative estimate of drug-likeness (QED) is 0.0195. The van der Waals surface area contributed by atoms with E-state index in [4.69, 9.17) is 18.5 Å². The molecule has 372 valence electrons. The predicted octanol–water partition coefficient (Wildman–Crippen LogP) is 15.0. The van der Waals surface area contributed by atoms with Gasteiger partial charge in [-0.2, -0.15) is 0 Å². The van der Waals surface area contributed by atoms with Gasteiger partial charge in [0.2, 0.25) is 0 Å². The maximum absolute atomic E-state index is 12.6. The standard InChI is InChI=1S/C54H98NO8P/c1-6-8-10-12-14-16-18-20-22-23-24-25-26-27-28-29-30-31-33-34-36-38-40-42-44-46-53(56)60-50-52(51-62-64(58,59)61-49-48-55(3,4)5)63-54(57)47-45-43-41-39-37-35-32-21-19-17-15-13-11-9-7-2/h9,11,15,17,21,32,37,39,43,45,52H,6-8,10,12-14,16,18-20,22-31,33-36,38,40-42,44,46-51H2,1-5H3/b11-9-,17-15-,32-21-,39-37-,45-43-. The fourth-order valence-corrected chi connectivity index (χ4v) is 7.81. The third-order valence-electron chi connectivity index (χ3n) is 11.1. The molecule has 0 saturated heterocycles. The summed E-state index contributed by atoms with van der Waals surface area (Å²) in [4.78, 5) is 37.6. The molecule has 0 bridgehead atoms. The van der Waals surface area contributed by atoms with Crippen LogP contribution in [-0.2, 0) is 32.7 Å². The zero-order chi connectivity index (χ0) is 47.1. The van der Waals surface area contributed by atoms with Gasteiger partial charge in [-0.1, -0.05) is 229 Å². The molecule has 0 aliphatic heterocycles. The second-order valence-electron chi connectivity index (χ2n) is 18.5. The van der Waals surface area contributed by atoms with Gasteiger partial charge in [0.1, 0.15) is 19.8 Å². The van der Waals surface area contributed by atoms with Crippen LogP contribution >= 0.6 is 7.82 Å². The van der Waals surface area contributed by atoms with E-state index in [1.165, 1.54) is 141 Å². The summed E-state index contributed by atoms with van der Waals surface area (Å²) in [6.45, 7) is 4.02. The van der Waals surface area contributed by atoms with Crippen molar-refractivity contribution in [1.82, 2.24) is 0 Å². The van der Waals surface area contributed by atoms with Crippen LogP contribution in [0.1, 0.15) is 219 Å². The van der Waals surface area contributed by atoms with E-state index in [9.17, 15) is 19.0 Å². The van der Waals surface area contributed by atoms with Crippen LogP contribution in [-0.4, -0.2) is 70.0 Å². The minimum Gasteiger partial charge on any atom is -0.756 e. The lowest BCUT2D eigenvalue weighted by Gasteiger charge is -2.28. The summed E-state index contributed by atoms with van der Waals surface area (Å²) in [5.41, 5.74) is 0. The van der Waals surface area contributed by atoms with Gasteiger partial charge in [-0.25, -0.2) is 0 Å². The lowest BCUT2D eigenvalue weighted by molar-refractivity contribution is -0.870. The number of hydrogen-bond acceptors (Lipinski definition) is 8. The topological polar surface area (TPSA) is 111 Å². The van der Waals surface area contributed by atoms with Gasteiger partial charge in [-0.3, -0.25) is 14.2 Å². The lowest BCUT2D eigenvalue weighted by atomic mass is 10.0. The molecule has 0 heterocycles. The first-order chi connectivity index (χ1) is 31.0. The van der Waals surface area contributed by atoms with Gasteiger partial charge in [-0.05, 0) is 38.5 Å². The molecule has 0 amide bonds. The van der Waals surface area contributed by atoms with Crippen LogP contribution in [0.3, 0.4) is 0 Å². The summed E-state index contributed by atoms with van der Waals surface area (Å²) >= 11 is 0. The van der Waals surface area contributed by atoms with Crippen molar-refractivity contribution in [3.8, 4) is 0 Å². The number of phosphoric ester groups is 1.